The highest BCUT2D eigenvalue weighted by Crippen LogP contribution is 2.55. The van der Waals surface area contributed by atoms with Crippen LogP contribution in [0.15, 0.2) is 24.3 Å². The van der Waals surface area contributed by atoms with Crippen molar-refractivity contribution in [2.75, 3.05) is 6.61 Å². The highest BCUT2D eigenvalue weighted by molar-refractivity contribution is 5.75. The number of hydrogen-bond acceptors (Lipinski definition) is 2. The number of aliphatic hydroxyl groups excluding tert-OH is 1. The molecule has 1 aromatic carbocycles. The average Bonchev–Trinajstić information content (AvgIpc) is 2.45. The summed E-state index contributed by atoms with van der Waals surface area (Å²) in [5.41, 5.74) is -0.145. The Labute approximate surface area is 138 Å². The van der Waals surface area contributed by atoms with Gasteiger partial charge in [-0.2, -0.15) is 13.2 Å². The molecule has 2 aliphatic rings. The fraction of sp³-hybridized carbons (Fsp3) is 0.588. The van der Waals surface area contributed by atoms with E-state index in [1.54, 1.807) is 0 Å². The van der Waals surface area contributed by atoms with Crippen LogP contribution in [0.2, 0.25) is 0 Å². The van der Waals surface area contributed by atoms with Gasteiger partial charge in [-0.1, -0.05) is 18.6 Å². The molecular weight excluding hydrogens is 321 g/mol. The van der Waals surface area contributed by atoms with Crippen molar-refractivity contribution in [2.24, 2.45) is 5.41 Å². The van der Waals surface area contributed by atoms with Crippen molar-refractivity contribution in [1.82, 2.24) is 10.6 Å². The summed E-state index contributed by atoms with van der Waals surface area (Å²) in [7, 11) is 0. The zero-order chi connectivity index (χ0) is 17.4. The maximum Gasteiger partial charge on any atom is 0.416 e. The number of aliphatic hydroxyl groups is 1. The number of nitrogens with one attached hydrogen (secondary N) is 2. The first-order chi connectivity index (χ1) is 11.3. The Morgan fingerprint density at radius 1 is 1.33 bits per heavy atom. The third kappa shape index (κ3) is 3.50. The molecule has 0 aromatic heterocycles. The Kier molecular flexibility index (Phi) is 4.46. The summed E-state index contributed by atoms with van der Waals surface area (Å²) in [5.74, 6) is 0. The van der Waals surface area contributed by atoms with Gasteiger partial charge in [-0.3, -0.25) is 0 Å². The van der Waals surface area contributed by atoms with Crippen LogP contribution in [0.5, 0.6) is 0 Å². The number of carbonyl (C=O) groups excluding carboxylic acids is 1. The molecule has 3 rings (SSSR count). The molecule has 0 radical (unpaired) electrons. The number of amides is 2. The summed E-state index contributed by atoms with van der Waals surface area (Å²) >= 11 is 0. The van der Waals surface area contributed by atoms with Crippen LogP contribution in [0.25, 0.3) is 0 Å². The lowest BCUT2D eigenvalue weighted by Crippen LogP contribution is -2.55. The van der Waals surface area contributed by atoms with Crippen LogP contribution in [0, 0.1) is 5.41 Å². The number of carbonyl (C=O) groups is 1. The Morgan fingerprint density at radius 3 is 2.58 bits per heavy atom. The van der Waals surface area contributed by atoms with E-state index in [-0.39, 0.29) is 11.6 Å². The van der Waals surface area contributed by atoms with Gasteiger partial charge in [0.25, 0.3) is 0 Å². The molecule has 3 N–H and O–H groups in total. The first-order valence-electron chi connectivity index (χ1n) is 8.16. The second-order valence-electron chi connectivity index (χ2n) is 6.93. The van der Waals surface area contributed by atoms with Gasteiger partial charge in [0, 0.05) is 6.04 Å². The van der Waals surface area contributed by atoms with E-state index in [1.807, 2.05) is 0 Å². The van der Waals surface area contributed by atoms with Crippen molar-refractivity contribution < 1.29 is 23.1 Å². The van der Waals surface area contributed by atoms with Crippen LogP contribution in [0.1, 0.15) is 49.3 Å². The van der Waals surface area contributed by atoms with E-state index in [0.717, 1.165) is 25.0 Å². The quantitative estimate of drug-likeness (QED) is 0.786. The maximum absolute atomic E-state index is 12.8. The smallest absolute Gasteiger partial charge is 0.394 e. The Morgan fingerprint density at radius 2 is 2.04 bits per heavy atom. The third-order valence-corrected chi connectivity index (χ3v) is 5.21. The number of alkyl halides is 3. The summed E-state index contributed by atoms with van der Waals surface area (Å²) in [4.78, 5) is 12.0. The van der Waals surface area contributed by atoms with Crippen molar-refractivity contribution in [1.29, 1.82) is 0 Å². The first-order valence-corrected chi connectivity index (χ1v) is 8.16. The Bertz CT molecular complexity index is 606. The van der Waals surface area contributed by atoms with E-state index in [2.05, 4.69) is 10.6 Å². The lowest BCUT2D eigenvalue weighted by atomic mass is 9.54. The van der Waals surface area contributed by atoms with Gasteiger partial charge in [0.1, 0.15) is 0 Å². The molecule has 24 heavy (non-hydrogen) atoms. The number of benzene rings is 1. The molecule has 1 spiro atoms. The molecule has 2 aliphatic carbocycles. The van der Waals surface area contributed by atoms with E-state index < -0.39 is 30.4 Å². The summed E-state index contributed by atoms with van der Waals surface area (Å²) in [6.45, 7) is -0.469. The molecule has 1 atom stereocenters. The molecule has 0 heterocycles. The van der Waals surface area contributed by atoms with E-state index in [0.29, 0.717) is 5.41 Å². The molecule has 2 saturated carbocycles. The van der Waals surface area contributed by atoms with Crippen molar-refractivity contribution in [3.8, 4) is 0 Å². The number of rotatable bonds is 4. The van der Waals surface area contributed by atoms with E-state index in [9.17, 15) is 23.1 Å². The molecular formula is C17H21F3N2O2. The van der Waals surface area contributed by atoms with E-state index in [4.69, 9.17) is 0 Å². The second-order valence-corrected chi connectivity index (χ2v) is 6.93. The van der Waals surface area contributed by atoms with Crippen LogP contribution in [-0.4, -0.2) is 23.8 Å². The minimum absolute atomic E-state index is 0.117. The predicted octanol–water partition coefficient (Wildman–Crippen LogP) is 3.37. The van der Waals surface area contributed by atoms with E-state index >= 15 is 0 Å². The summed E-state index contributed by atoms with van der Waals surface area (Å²) in [6.07, 6.45) is 1.16. The molecule has 0 unspecified atom stereocenters. The largest absolute Gasteiger partial charge is 0.416 e. The highest BCUT2D eigenvalue weighted by atomic mass is 19.4. The molecule has 0 saturated heterocycles. The zero-order valence-electron chi connectivity index (χ0n) is 13.2. The molecule has 2 amide bonds. The molecule has 1 aromatic rings. The predicted molar refractivity (Wildman–Crippen MR) is 82.2 cm³/mol. The number of urea groups is 1. The van der Waals surface area contributed by atoms with Gasteiger partial charge >= 0.3 is 12.2 Å². The van der Waals surface area contributed by atoms with Gasteiger partial charge in [-0.15, -0.1) is 0 Å². The molecule has 0 aliphatic heterocycles. The van der Waals surface area contributed by atoms with Crippen LogP contribution in [-0.2, 0) is 6.18 Å². The average molecular weight is 342 g/mol. The second kappa shape index (κ2) is 6.27. The van der Waals surface area contributed by atoms with Gasteiger partial charge in [-0.25, -0.2) is 4.79 Å². The lowest BCUT2D eigenvalue weighted by molar-refractivity contribution is -0.137. The van der Waals surface area contributed by atoms with Crippen molar-refractivity contribution in [2.45, 2.75) is 50.4 Å². The van der Waals surface area contributed by atoms with Gasteiger partial charge in [0.15, 0.2) is 0 Å². The topological polar surface area (TPSA) is 61.4 Å². The normalized spacial score (nSPS) is 20.8. The van der Waals surface area contributed by atoms with Crippen LogP contribution < -0.4 is 10.6 Å². The minimum atomic E-state index is -4.46. The fourth-order valence-electron chi connectivity index (χ4n) is 3.72. The summed E-state index contributed by atoms with van der Waals surface area (Å²) in [6, 6.07) is 3.44. The monoisotopic (exact) mass is 342 g/mol. The SMILES string of the molecule is O=C(NC1CC2(CCC2)C1)N[C@@H](CO)c1cccc(C(F)(F)F)c1. The standard InChI is InChI=1S/C17H21F3N2O2/c18-17(19,20)12-4-1-3-11(7-12)14(10-23)22-15(24)21-13-8-16(9-13)5-2-6-16/h1,3-4,7,13-14,23H,2,5-6,8-10H2,(H2,21,22,24)/t14-/m0/s1. The maximum atomic E-state index is 12.8. The van der Waals surface area contributed by atoms with Crippen LogP contribution in [0.3, 0.4) is 0 Å². The van der Waals surface area contributed by atoms with Crippen molar-refractivity contribution in [3.05, 3.63) is 35.4 Å². The number of hydrogen-bond donors (Lipinski definition) is 3. The van der Waals surface area contributed by atoms with Gasteiger partial charge in [0.2, 0.25) is 0 Å². The van der Waals surface area contributed by atoms with E-state index in [1.165, 1.54) is 31.4 Å². The molecule has 0 bridgehead atoms. The zero-order valence-corrected chi connectivity index (χ0v) is 13.2. The van der Waals surface area contributed by atoms with Crippen LogP contribution in [0.4, 0.5) is 18.0 Å². The number of halogens is 3. The van der Waals surface area contributed by atoms with Gasteiger partial charge in [0.05, 0.1) is 18.2 Å². The van der Waals surface area contributed by atoms with Crippen molar-refractivity contribution in [3.63, 3.8) is 0 Å². The summed E-state index contributed by atoms with van der Waals surface area (Å²) in [5, 5.41) is 14.8. The molecule has 4 nitrogen and oxygen atoms in total. The highest BCUT2D eigenvalue weighted by Gasteiger charge is 2.48. The molecule has 7 heteroatoms. The van der Waals surface area contributed by atoms with Crippen molar-refractivity contribution >= 4 is 6.03 Å². The first kappa shape index (κ1) is 17.1. The Hall–Kier alpha value is -1.76. The van der Waals surface area contributed by atoms with Crippen LogP contribution >= 0.6 is 0 Å². The lowest BCUT2D eigenvalue weighted by Gasteiger charge is -2.54. The summed E-state index contributed by atoms with van der Waals surface area (Å²) < 4.78 is 38.3. The van der Waals surface area contributed by atoms with Gasteiger partial charge < -0.3 is 15.7 Å². The molecule has 2 fully saturated rings. The third-order valence-electron chi connectivity index (χ3n) is 5.21. The van der Waals surface area contributed by atoms with Gasteiger partial charge in [-0.05, 0) is 48.8 Å². The molecule has 132 valence electrons. The Balaban J connectivity index is 1.57. The fourth-order valence-corrected chi connectivity index (χ4v) is 3.72. The minimum Gasteiger partial charge on any atom is -0.394 e.